The minimum absolute atomic E-state index is 0.0532. The highest BCUT2D eigenvalue weighted by Gasteiger charge is 2.62. The largest absolute Gasteiger partial charge is 0.497 e. The van der Waals surface area contributed by atoms with Crippen molar-refractivity contribution in [2.75, 3.05) is 13.7 Å². The summed E-state index contributed by atoms with van der Waals surface area (Å²) in [5.74, 6) is -3.85. The first-order chi connectivity index (χ1) is 28.3. The number of rotatable bonds is 16. The van der Waals surface area contributed by atoms with Crippen LogP contribution in [0.5, 0.6) is 11.5 Å². The number of likely N-dealkylation sites (tertiary alicyclic amines) is 1. The standard InChI is InChI=1S/C43H51N5O11S/c1-7-27-23-43(27,40(53)47-60(55,56)30-17-18-30)46-38(51)34-21-29(24-48(34)39(52)37(25(2)12-11-15-36(49)50)45-41(54)59-42(3,4)5)58-35-22-32(26-13-9-8-10-14-26)44-33-20-28(57-6)16-19-31(33)35/h7-11,13-16,19-20,22,25,27,29-30,34,37H,1,12,17-18,21,23-24H2,2-6H3,(H,45,54)(H,46,51)(H,47,53)(H,49,50)/b15-11+/t25-,27-,29-,34+,37+,43-/m1/s1. The van der Waals surface area contributed by atoms with Gasteiger partial charge in [0.15, 0.2) is 0 Å². The topological polar surface area (TPSA) is 220 Å². The molecule has 17 heteroatoms. The number of amides is 4. The van der Waals surface area contributed by atoms with Crippen molar-refractivity contribution in [1.82, 2.24) is 25.2 Å². The van der Waals surface area contributed by atoms with Gasteiger partial charge in [-0.05, 0) is 64.5 Å². The van der Waals surface area contributed by atoms with E-state index in [2.05, 4.69) is 21.9 Å². The number of carboxylic acids is 1. The fraction of sp³-hybridized carbons (Fsp3) is 0.442. The van der Waals surface area contributed by atoms with Crippen LogP contribution in [0, 0.1) is 11.8 Å². The highest BCUT2D eigenvalue weighted by molar-refractivity contribution is 7.91. The summed E-state index contributed by atoms with van der Waals surface area (Å²) in [5.41, 5.74) is -0.599. The molecule has 0 bridgehead atoms. The van der Waals surface area contributed by atoms with Gasteiger partial charge in [-0.3, -0.25) is 19.1 Å². The molecule has 2 aliphatic carbocycles. The van der Waals surface area contributed by atoms with E-state index in [0.717, 1.165) is 11.6 Å². The molecule has 1 aliphatic heterocycles. The summed E-state index contributed by atoms with van der Waals surface area (Å²) in [7, 11) is -2.42. The number of alkyl carbamates (subject to hydrolysis) is 1. The first-order valence-electron chi connectivity index (χ1n) is 19.7. The third-order valence-electron chi connectivity index (χ3n) is 10.7. The Hall–Kier alpha value is -5.97. The van der Waals surface area contributed by atoms with Crippen LogP contribution in [0.4, 0.5) is 4.79 Å². The van der Waals surface area contributed by atoms with E-state index in [1.54, 1.807) is 59.1 Å². The number of nitrogens with zero attached hydrogens (tertiary/aromatic N) is 2. The van der Waals surface area contributed by atoms with Gasteiger partial charge in [0.05, 0.1) is 30.1 Å². The molecule has 3 aliphatic rings. The number of pyridine rings is 1. The molecule has 1 aromatic heterocycles. The molecule has 6 atom stereocenters. The van der Waals surface area contributed by atoms with Gasteiger partial charge in [0.25, 0.3) is 5.91 Å². The zero-order chi connectivity index (χ0) is 43.6. The molecule has 16 nitrogen and oxygen atoms in total. The molecule has 0 unspecified atom stereocenters. The van der Waals surface area contributed by atoms with Crippen molar-refractivity contribution in [3.63, 3.8) is 0 Å². The summed E-state index contributed by atoms with van der Waals surface area (Å²) >= 11 is 0. The van der Waals surface area contributed by atoms with E-state index in [9.17, 15) is 37.5 Å². The number of hydrogen-bond acceptors (Lipinski definition) is 11. The Morgan fingerprint density at radius 1 is 1.08 bits per heavy atom. The lowest BCUT2D eigenvalue weighted by molar-refractivity contribution is -0.142. The van der Waals surface area contributed by atoms with Crippen LogP contribution in [0.25, 0.3) is 22.2 Å². The van der Waals surface area contributed by atoms with E-state index in [-0.39, 0.29) is 25.8 Å². The van der Waals surface area contributed by atoms with Crippen molar-refractivity contribution < 1.29 is 51.7 Å². The highest BCUT2D eigenvalue weighted by Crippen LogP contribution is 2.46. The lowest BCUT2D eigenvalue weighted by Crippen LogP contribution is -2.59. The van der Waals surface area contributed by atoms with Gasteiger partial charge in [-0.2, -0.15) is 0 Å². The Balaban J connectivity index is 1.36. The molecule has 6 rings (SSSR count). The smallest absolute Gasteiger partial charge is 0.408 e. The van der Waals surface area contributed by atoms with Gasteiger partial charge in [-0.1, -0.05) is 49.4 Å². The van der Waals surface area contributed by atoms with E-state index >= 15 is 0 Å². The van der Waals surface area contributed by atoms with Crippen molar-refractivity contribution in [1.29, 1.82) is 0 Å². The SMILES string of the molecule is C=C[C@@H]1C[C@]1(NC(=O)[C@@H]1C[C@@H](Oc2cc(-c3ccccc3)nc3cc(OC)ccc23)CN1C(=O)[C@@H](NC(=O)OC(C)(C)C)[C@H](C)C/C=C/C(=O)O)C(=O)NS(=O)(=O)C1CC1. The predicted octanol–water partition coefficient (Wildman–Crippen LogP) is 4.49. The maximum atomic E-state index is 14.8. The highest BCUT2D eigenvalue weighted by atomic mass is 32.2. The number of hydrogen-bond donors (Lipinski definition) is 4. The summed E-state index contributed by atoms with van der Waals surface area (Å²) in [6.45, 7) is 10.2. The average molecular weight is 846 g/mol. The number of aliphatic carboxylic acids is 1. The summed E-state index contributed by atoms with van der Waals surface area (Å²) < 4.78 is 45.4. The molecule has 320 valence electrons. The van der Waals surface area contributed by atoms with E-state index in [0.29, 0.717) is 40.9 Å². The average Bonchev–Trinajstić information content (AvgIpc) is 4.12. The van der Waals surface area contributed by atoms with Crippen molar-refractivity contribution >= 4 is 50.7 Å². The number of nitrogens with one attached hydrogen (secondary N) is 3. The maximum Gasteiger partial charge on any atom is 0.408 e. The molecular weight excluding hydrogens is 795 g/mol. The summed E-state index contributed by atoms with van der Waals surface area (Å²) in [6, 6.07) is 13.9. The van der Waals surface area contributed by atoms with Crippen molar-refractivity contribution in [2.45, 2.75) is 94.4 Å². The summed E-state index contributed by atoms with van der Waals surface area (Å²) in [5, 5.41) is 14.6. The van der Waals surface area contributed by atoms with Crippen LogP contribution in [0.15, 0.2) is 79.4 Å². The molecule has 2 saturated carbocycles. The van der Waals surface area contributed by atoms with Gasteiger partial charge in [0.1, 0.15) is 40.8 Å². The minimum Gasteiger partial charge on any atom is -0.497 e. The first-order valence-corrected chi connectivity index (χ1v) is 21.3. The van der Waals surface area contributed by atoms with Crippen LogP contribution in [0.3, 0.4) is 0 Å². The van der Waals surface area contributed by atoms with Crippen LogP contribution >= 0.6 is 0 Å². The van der Waals surface area contributed by atoms with E-state index in [1.807, 2.05) is 30.3 Å². The second kappa shape index (κ2) is 17.3. The van der Waals surface area contributed by atoms with Crippen molar-refractivity contribution in [3.05, 3.63) is 79.4 Å². The Kier molecular flexibility index (Phi) is 12.6. The summed E-state index contributed by atoms with van der Waals surface area (Å²) in [4.78, 5) is 73.6. The monoisotopic (exact) mass is 845 g/mol. The number of fused-ring (bicyclic) bond motifs is 1. The molecule has 3 fully saturated rings. The molecular formula is C43H51N5O11S. The molecule has 4 amide bonds. The Bertz CT molecular complexity index is 2310. The van der Waals surface area contributed by atoms with Crippen molar-refractivity contribution in [2.24, 2.45) is 11.8 Å². The van der Waals surface area contributed by atoms with Crippen molar-refractivity contribution in [3.8, 4) is 22.8 Å². The van der Waals surface area contributed by atoms with Gasteiger partial charge in [-0.15, -0.1) is 6.58 Å². The molecule has 0 spiro atoms. The van der Waals surface area contributed by atoms with Gasteiger partial charge >= 0.3 is 12.1 Å². The van der Waals surface area contributed by atoms with E-state index in [4.69, 9.17) is 19.2 Å². The molecule has 0 radical (unpaired) electrons. The fourth-order valence-electron chi connectivity index (χ4n) is 7.31. The van der Waals surface area contributed by atoms with Crippen LogP contribution in [-0.2, 0) is 33.9 Å². The number of ether oxygens (including phenoxy) is 3. The Labute approximate surface area is 348 Å². The van der Waals surface area contributed by atoms with Crippen LogP contribution < -0.4 is 24.8 Å². The number of allylic oxidation sites excluding steroid dienone is 1. The Morgan fingerprint density at radius 2 is 1.80 bits per heavy atom. The van der Waals surface area contributed by atoms with E-state index in [1.165, 1.54) is 17.1 Å². The number of carboxylic acid groups (broad SMARTS) is 1. The predicted molar refractivity (Wildman–Crippen MR) is 221 cm³/mol. The molecule has 1 saturated heterocycles. The van der Waals surface area contributed by atoms with Crippen LogP contribution in [0.1, 0.15) is 59.8 Å². The second-order valence-electron chi connectivity index (χ2n) is 16.5. The molecule has 4 N–H and O–H groups in total. The molecule has 2 heterocycles. The van der Waals surface area contributed by atoms with Gasteiger partial charge in [0, 0.05) is 41.5 Å². The Morgan fingerprint density at radius 3 is 2.42 bits per heavy atom. The number of aromatic nitrogens is 1. The number of benzene rings is 2. The minimum atomic E-state index is -3.97. The third-order valence-corrected chi connectivity index (χ3v) is 12.5. The third kappa shape index (κ3) is 10.1. The first kappa shape index (κ1) is 43.6. The summed E-state index contributed by atoms with van der Waals surface area (Å²) in [6.07, 6.45) is 2.94. The lowest BCUT2D eigenvalue weighted by Gasteiger charge is -2.32. The number of carbonyl (C=O) groups excluding carboxylic acids is 4. The van der Waals surface area contributed by atoms with Gasteiger partial charge in [-0.25, -0.2) is 23.0 Å². The van der Waals surface area contributed by atoms with Crippen LogP contribution in [-0.4, -0.2) is 101 Å². The second-order valence-corrected chi connectivity index (χ2v) is 18.5. The number of sulfonamides is 1. The maximum absolute atomic E-state index is 14.8. The zero-order valence-electron chi connectivity index (χ0n) is 34.2. The number of methoxy groups -OCH3 is 1. The number of carbonyl (C=O) groups is 5. The van der Waals surface area contributed by atoms with E-state index < -0.39 is 86.2 Å². The van der Waals surface area contributed by atoms with Crippen LogP contribution in [0.2, 0.25) is 0 Å². The molecule has 3 aromatic rings. The lowest BCUT2D eigenvalue weighted by atomic mass is 9.96. The molecule has 60 heavy (non-hydrogen) atoms. The normalized spacial score (nSPS) is 22.4. The van der Waals surface area contributed by atoms with Gasteiger partial charge in [0.2, 0.25) is 21.8 Å². The quantitative estimate of drug-likeness (QED) is 0.116. The van der Waals surface area contributed by atoms with Gasteiger partial charge < -0.3 is 34.9 Å². The zero-order valence-corrected chi connectivity index (χ0v) is 35.0. The molecule has 2 aromatic carbocycles. The fourth-order valence-corrected chi connectivity index (χ4v) is 8.68.